The van der Waals surface area contributed by atoms with E-state index in [1.54, 1.807) is 18.2 Å². The van der Waals surface area contributed by atoms with E-state index in [9.17, 15) is 14.9 Å². The van der Waals surface area contributed by atoms with E-state index >= 15 is 0 Å². The van der Waals surface area contributed by atoms with Crippen LogP contribution in [0.15, 0.2) is 42.0 Å². The number of aryl methyl sites for hydroxylation is 1. The van der Waals surface area contributed by atoms with Crippen LogP contribution in [-0.4, -0.2) is 32.1 Å². The summed E-state index contributed by atoms with van der Waals surface area (Å²) >= 11 is 0. The van der Waals surface area contributed by atoms with Crippen molar-refractivity contribution >= 4 is 18.0 Å². The zero-order valence-corrected chi connectivity index (χ0v) is 19.7. The summed E-state index contributed by atoms with van der Waals surface area (Å²) in [6.07, 6.45) is 2.22. The molecule has 2 aromatic carbocycles. The van der Waals surface area contributed by atoms with Gasteiger partial charge in [-0.05, 0) is 60.2 Å². The second-order valence-electron chi connectivity index (χ2n) is 7.79. The molecule has 33 heavy (non-hydrogen) atoms. The molecule has 0 saturated heterocycles. The van der Waals surface area contributed by atoms with Crippen LogP contribution in [0.3, 0.4) is 0 Å². The fraction of sp³-hybridized carbons (Fsp3) is 0.346. The quantitative estimate of drug-likeness (QED) is 0.247. The molecule has 2 rings (SSSR count). The minimum atomic E-state index is -0.579. The summed E-state index contributed by atoms with van der Waals surface area (Å²) in [6.45, 7) is 8.23. The molecule has 2 aromatic rings. The van der Waals surface area contributed by atoms with Gasteiger partial charge in [-0.3, -0.25) is 4.79 Å². The Balaban J connectivity index is 2.12. The molecule has 0 saturated carbocycles. The van der Waals surface area contributed by atoms with Crippen molar-refractivity contribution in [3.05, 3.63) is 58.7 Å². The first-order valence-corrected chi connectivity index (χ1v) is 10.8. The summed E-state index contributed by atoms with van der Waals surface area (Å²) in [5.41, 5.74) is 2.58. The van der Waals surface area contributed by atoms with E-state index in [0.29, 0.717) is 23.6 Å². The number of ether oxygens (including phenoxy) is 3. The summed E-state index contributed by atoms with van der Waals surface area (Å²) in [7, 11) is 1.44. The van der Waals surface area contributed by atoms with Crippen molar-refractivity contribution in [3.8, 4) is 23.3 Å². The van der Waals surface area contributed by atoms with E-state index < -0.39 is 11.9 Å². The van der Waals surface area contributed by atoms with Crippen LogP contribution < -0.4 is 19.5 Å². The van der Waals surface area contributed by atoms with Gasteiger partial charge in [-0.1, -0.05) is 39.0 Å². The molecule has 1 amide bonds. The molecule has 0 spiro atoms. The largest absolute Gasteiger partial charge is 0.493 e. The minimum absolute atomic E-state index is 0.0252. The van der Waals surface area contributed by atoms with E-state index in [2.05, 4.69) is 19.2 Å². The van der Waals surface area contributed by atoms with Gasteiger partial charge in [-0.2, -0.15) is 5.26 Å². The van der Waals surface area contributed by atoms with Crippen molar-refractivity contribution in [1.29, 1.82) is 5.26 Å². The average Bonchev–Trinajstić information content (AvgIpc) is 2.80. The van der Waals surface area contributed by atoms with Crippen LogP contribution in [0.2, 0.25) is 0 Å². The van der Waals surface area contributed by atoms with Gasteiger partial charge >= 0.3 is 5.97 Å². The van der Waals surface area contributed by atoms with Crippen molar-refractivity contribution in [3.63, 3.8) is 0 Å². The number of benzene rings is 2. The molecule has 0 unspecified atom stereocenters. The number of methoxy groups -OCH3 is 1. The molecule has 0 bridgehead atoms. The highest BCUT2D eigenvalue weighted by Gasteiger charge is 2.15. The standard InChI is InChI=1S/C26H30N2O5/c1-6-11-28-26(30)20(15-27)13-19-8-10-22(24(14-19)31-5)33-25(29)16-32-23-12-18(4)7-9-21(23)17(2)3/h7-10,12-14,17H,6,11,16H2,1-5H3,(H,28,30)/b20-13+. The number of nitriles is 1. The minimum Gasteiger partial charge on any atom is -0.493 e. The Morgan fingerprint density at radius 2 is 1.88 bits per heavy atom. The number of carbonyl (C=O) groups is 2. The number of hydrogen-bond acceptors (Lipinski definition) is 6. The van der Waals surface area contributed by atoms with Gasteiger partial charge in [0.25, 0.3) is 5.91 Å². The molecule has 0 aliphatic heterocycles. The van der Waals surface area contributed by atoms with Crippen molar-refractivity contribution in [1.82, 2.24) is 5.32 Å². The lowest BCUT2D eigenvalue weighted by molar-refractivity contribution is -0.136. The van der Waals surface area contributed by atoms with Crippen LogP contribution >= 0.6 is 0 Å². The van der Waals surface area contributed by atoms with E-state index in [1.165, 1.54) is 13.2 Å². The van der Waals surface area contributed by atoms with E-state index in [0.717, 1.165) is 17.5 Å². The lowest BCUT2D eigenvalue weighted by Crippen LogP contribution is -2.25. The lowest BCUT2D eigenvalue weighted by Gasteiger charge is -2.15. The maximum Gasteiger partial charge on any atom is 0.349 e. The van der Waals surface area contributed by atoms with E-state index in [4.69, 9.17) is 14.2 Å². The number of carbonyl (C=O) groups excluding carboxylic acids is 2. The van der Waals surface area contributed by atoms with Crippen molar-refractivity contribution < 1.29 is 23.8 Å². The molecule has 0 heterocycles. The molecule has 0 aliphatic carbocycles. The summed E-state index contributed by atoms with van der Waals surface area (Å²) in [4.78, 5) is 24.5. The third kappa shape index (κ3) is 7.39. The summed E-state index contributed by atoms with van der Waals surface area (Å²) in [5.74, 6) is 0.388. The van der Waals surface area contributed by atoms with Gasteiger partial charge in [0.05, 0.1) is 7.11 Å². The fourth-order valence-corrected chi connectivity index (χ4v) is 3.04. The molecule has 0 fully saturated rings. The summed E-state index contributed by atoms with van der Waals surface area (Å²) < 4.78 is 16.5. The predicted octanol–water partition coefficient (Wildman–Crippen LogP) is 4.54. The van der Waals surface area contributed by atoms with Crippen LogP contribution in [0, 0.1) is 18.3 Å². The summed E-state index contributed by atoms with van der Waals surface area (Å²) in [5, 5.41) is 12.0. The number of rotatable bonds is 10. The molecule has 0 aliphatic rings. The van der Waals surface area contributed by atoms with Gasteiger partial charge in [0.1, 0.15) is 17.4 Å². The Hall–Kier alpha value is -3.79. The van der Waals surface area contributed by atoms with Crippen LogP contribution in [0.5, 0.6) is 17.2 Å². The molecular weight excluding hydrogens is 420 g/mol. The maximum atomic E-state index is 12.4. The number of hydrogen-bond donors (Lipinski definition) is 1. The first kappa shape index (κ1) is 25.5. The van der Waals surface area contributed by atoms with Gasteiger partial charge in [-0.25, -0.2) is 4.79 Å². The number of amides is 1. The van der Waals surface area contributed by atoms with Gasteiger partial charge in [-0.15, -0.1) is 0 Å². The number of nitrogens with one attached hydrogen (secondary N) is 1. The highest BCUT2D eigenvalue weighted by atomic mass is 16.6. The Morgan fingerprint density at radius 3 is 2.52 bits per heavy atom. The summed E-state index contributed by atoms with van der Waals surface area (Å²) in [6, 6.07) is 12.6. The Kier molecular flexibility index (Phi) is 9.49. The molecule has 0 atom stereocenters. The molecule has 1 N–H and O–H groups in total. The molecular formula is C26H30N2O5. The lowest BCUT2D eigenvalue weighted by atomic mass is 10.0. The zero-order valence-electron chi connectivity index (χ0n) is 19.7. The topological polar surface area (TPSA) is 97.7 Å². The molecule has 174 valence electrons. The Bertz CT molecular complexity index is 1070. The van der Waals surface area contributed by atoms with Crippen LogP contribution in [0.25, 0.3) is 6.08 Å². The van der Waals surface area contributed by atoms with Crippen LogP contribution in [0.1, 0.15) is 49.8 Å². The SMILES string of the molecule is CCCNC(=O)/C(C#N)=C/c1ccc(OC(=O)COc2cc(C)ccc2C(C)C)c(OC)c1. The van der Waals surface area contributed by atoms with Crippen molar-refractivity contribution in [2.75, 3.05) is 20.3 Å². The van der Waals surface area contributed by atoms with Gasteiger partial charge in [0, 0.05) is 6.54 Å². The van der Waals surface area contributed by atoms with Gasteiger partial charge in [0.15, 0.2) is 18.1 Å². The Morgan fingerprint density at radius 1 is 1.12 bits per heavy atom. The third-order valence-electron chi connectivity index (χ3n) is 4.76. The van der Waals surface area contributed by atoms with Gasteiger partial charge in [0.2, 0.25) is 0 Å². The highest BCUT2D eigenvalue weighted by Crippen LogP contribution is 2.30. The van der Waals surface area contributed by atoms with Crippen LogP contribution in [-0.2, 0) is 9.59 Å². The number of nitrogens with zero attached hydrogens (tertiary/aromatic N) is 1. The van der Waals surface area contributed by atoms with Crippen LogP contribution in [0.4, 0.5) is 0 Å². The van der Waals surface area contributed by atoms with Crippen molar-refractivity contribution in [2.45, 2.75) is 40.0 Å². The maximum absolute atomic E-state index is 12.4. The Labute approximate surface area is 195 Å². The molecule has 0 aromatic heterocycles. The first-order chi connectivity index (χ1) is 15.8. The van der Waals surface area contributed by atoms with Gasteiger partial charge < -0.3 is 19.5 Å². The molecule has 0 radical (unpaired) electrons. The first-order valence-electron chi connectivity index (χ1n) is 10.8. The predicted molar refractivity (Wildman–Crippen MR) is 126 cm³/mol. The zero-order chi connectivity index (χ0) is 24.4. The second-order valence-corrected chi connectivity index (χ2v) is 7.79. The fourth-order valence-electron chi connectivity index (χ4n) is 3.04. The average molecular weight is 451 g/mol. The van der Waals surface area contributed by atoms with E-state index in [1.807, 2.05) is 38.1 Å². The second kappa shape index (κ2) is 12.3. The highest BCUT2D eigenvalue weighted by molar-refractivity contribution is 6.01. The molecule has 7 heteroatoms. The monoisotopic (exact) mass is 450 g/mol. The number of esters is 1. The van der Waals surface area contributed by atoms with Crippen molar-refractivity contribution in [2.24, 2.45) is 0 Å². The smallest absolute Gasteiger partial charge is 0.349 e. The third-order valence-corrected chi connectivity index (χ3v) is 4.76. The normalized spacial score (nSPS) is 11.0. The van der Waals surface area contributed by atoms with E-state index in [-0.39, 0.29) is 23.8 Å². The molecule has 7 nitrogen and oxygen atoms in total.